The molecule has 1 N–H and O–H groups in total. The molecule has 0 fully saturated rings. The average Bonchev–Trinajstić information content (AvgIpc) is 2.47. The van der Waals surface area contributed by atoms with Gasteiger partial charge in [0, 0.05) is 11.3 Å². The summed E-state index contributed by atoms with van der Waals surface area (Å²) in [6.45, 7) is 1.78. The quantitative estimate of drug-likeness (QED) is 0.461. The molecule has 8 heteroatoms. The van der Waals surface area contributed by atoms with Gasteiger partial charge in [-0.25, -0.2) is 10.5 Å². The lowest BCUT2D eigenvalue weighted by molar-refractivity contribution is -0.757. The van der Waals surface area contributed by atoms with E-state index < -0.39 is 5.09 Å². The lowest BCUT2D eigenvalue weighted by atomic mass is 10.3. The van der Waals surface area contributed by atoms with Crippen molar-refractivity contribution in [1.29, 1.82) is 5.53 Å². The van der Waals surface area contributed by atoms with Crippen LogP contribution in [0.3, 0.4) is 0 Å². The van der Waals surface area contributed by atoms with E-state index in [0.717, 1.165) is 10.6 Å². The maximum absolute atomic E-state index is 9.86. The zero-order valence-electron chi connectivity index (χ0n) is 7.39. The minimum atomic E-state index is -0.827. The number of thiazole rings is 1. The topological polar surface area (TPSA) is 101 Å². The lowest BCUT2D eigenvalue weighted by Crippen LogP contribution is -2.04. The predicted molar refractivity (Wildman–Crippen MR) is 48.3 cm³/mol. The van der Waals surface area contributed by atoms with Gasteiger partial charge in [-0.2, -0.15) is 0 Å². The zero-order chi connectivity index (χ0) is 10.6. The third kappa shape index (κ3) is 2.73. The molecule has 0 saturated heterocycles. The van der Waals surface area contributed by atoms with Gasteiger partial charge in [0.05, 0.1) is 5.69 Å². The van der Waals surface area contributed by atoms with E-state index in [-0.39, 0.29) is 6.61 Å². The van der Waals surface area contributed by atoms with Crippen LogP contribution in [0.15, 0.2) is 5.11 Å². The monoisotopic (exact) mass is 216 g/mol. The van der Waals surface area contributed by atoms with Crippen LogP contribution in [-0.2, 0) is 11.3 Å². The van der Waals surface area contributed by atoms with Gasteiger partial charge in [-0.05, 0) is 6.92 Å². The van der Waals surface area contributed by atoms with Crippen molar-refractivity contribution < 1.29 is 9.92 Å². The summed E-state index contributed by atoms with van der Waals surface area (Å²) >= 11 is 1.24. The van der Waals surface area contributed by atoms with Crippen LogP contribution >= 0.6 is 11.3 Å². The Kier molecular flexibility index (Phi) is 3.46. The van der Waals surface area contributed by atoms with E-state index in [1.807, 2.05) is 0 Å². The molecule has 0 unspecified atom stereocenters. The summed E-state index contributed by atoms with van der Waals surface area (Å²) in [5.41, 5.74) is 7.48. The molecule has 1 aromatic heterocycles. The van der Waals surface area contributed by atoms with Gasteiger partial charge in [0.25, 0.3) is 5.09 Å². The molecule has 0 saturated carbocycles. The van der Waals surface area contributed by atoms with Gasteiger partial charge < -0.3 is 4.84 Å². The highest BCUT2D eigenvalue weighted by Crippen LogP contribution is 2.24. The molecule has 76 valence electrons. The second-order valence-electron chi connectivity index (χ2n) is 2.42. The van der Waals surface area contributed by atoms with Crippen LogP contribution in [-0.4, -0.2) is 16.7 Å². The standard InChI is InChI=1S/C6H8N4O3S/c1-4-5(2-3-13-10(11)12)14-6(8-4)9-7/h7H,2-3H2,1H3. The minimum absolute atomic E-state index is 0.00741. The van der Waals surface area contributed by atoms with E-state index in [1.54, 1.807) is 6.92 Å². The van der Waals surface area contributed by atoms with E-state index in [9.17, 15) is 10.1 Å². The molecule has 0 bridgehead atoms. The van der Waals surface area contributed by atoms with Crippen LogP contribution in [0.5, 0.6) is 0 Å². The summed E-state index contributed by atoms with van der Waals surface area (Å²) < 4.78 is 0. The van der Waals surface area contributed by atoms with E-state index in [2.05, 4.69) is 14.9 Å². The van der Waals surface area contributed by atoms with Gasteiger partial charge in [-0.3, -0.25) is 0 Å². The van der Waals surface area contributed by atoms with E-state index in [0.29, 0.717) is 11.6 Å². The first-order valence-corrected chi connectivity index (χ1v) is 4.56. The molecule has 1 rings (SSSR count). The number of rotatable bonds is 5. The maximum atomic E-state index is 9.86. The largest absolute Gasteiger partial charge is 0.314 e. The molecule has 0 aliphatic heterocycles. The molecule has 0 radical (unpaired) electrons. The summed E-state index contributed by atoms with van der Waals surface area (Å²) in [6, 6.07) is 0. The van der Waals surface area contributed by atoms with Crippen molar-refractivity contribution in [2.24, 2.45) is 5.11 Å². The second-order valence-corrected chi connectivity index (χ2v) is 3.49. The van der Waals surface area contributed by atoms with Gasteiger partial charge in [0.15, 0.2) is 0 Å². The number of hydrogen-bond donors (Lipinski definition) is 1. The predicted octanol–water partition coefficient (Wildman–Crippen LogP) is 1.86. The SMILES string of the molecule is Cc1nc(N=N)sc1CCO[N+](=O)[O-]. The Balaban J connectivity index is 2.53. The first-order valence-electron chi connectivity index (χ1n) is 3.74. The smallest absolute Gasteiger partial charge is 0.294 e. The van der Waals surface area contributed by atoms with Crippen molar-refractivity contribution in [2.75, 3.05) is 6.61 Å². The van der Waals surface area contributed by atoms with Crippen LogP contribution in [0.25, 0.3) is 0 Å². The summed E-state index contributed by atoms with van der Waals surface area (Å²) in [7, 11) is 0. The first-order chi connectivity index (χ1) is 6.63. The van der Waals surface area contributed by atoms with E-state index in [1.165, 1.54) is 11.3 Å². The number of aryl methyl sites for hydroxylation is 1. The van der Waals surface area contributed by atoms with Crippen molar-refractivity contribution in [2.45, 2.75) is 13.3 Å². The van der Waals surface area contributed by atoms with Crippen LogP contribution in [0.4, 0.5) is 5.13 Å². The van der Waals surface area contributed by atoms with Gasteiger partial charge in [-0.15, -0.1) is 15.2 Å². The van der Waals surface area contributed by atoms with Crippen molar-refractivity contribution in [3.05, 3.63) is 20.7 Å². The van der Waals surface area contributed by atoms with Crippen molar-refractivity contribution in [3.63, 3.8) is 0 Å². The third-order valence-electron chi connectivity index (χ3n) is 1.50. The average molecular weight is 216 g/mol. The molecule has 1 aromatic rings. The molecule has 0 aromatic carbocycles. The zero-order valence-corrected chi connectivity index (χ0v) is 8.21. The number of nitrogens with zero attached hydrogens (tertiary/aromatic N) is 3. The molecule has 0 aliphatic rings. The summed E-state index contributed by atoms with van der Waals surface area (Å²) in [6.07, 6.45) is 0.417. The summed E-state index contributed by atoms with van der Waals surface area (Å²) in [5.74, 6) is 0. The Labute approximate surface area is 83.3 Å². The molecule has 7 nitrogen and oxygen atoms in total. The fraction of sp³-hybridized carbons (Fsp3) is 0.500. The van der Waals surface area contributed by atoms with Crippen LogP contribution in [0.1, 0.15) is 10.6 Å². The van der Waals surface area contributed by atoms with Crippen molar-refractivity contribution in [1.82, 2.24) is 4.98 Å². The molecular weight excluding hydrogens is 208 g/mol. The Hall–Kier alpha value is -1.57. The van der Waals surface area contributed by atoms with E-state index >= 15 is 0 Å². The minimum Gasteiger partial charge on any atom is -0.314 e. The number of aromatic nitrogens is 1. The highest BCUT2D eigenvalue weighted by Gasteiger charge is 2.07. The number of hydrogen-bond acceptors (Lipinski definition) is 7. The number of nitrogens with one attached hydrogen (secondary N) is 1. The van der Waals surface area contributed by atoms with E-state index in [4.69, 9.17) is 5.53 Å². The van der Waals surface area contributed by atoms with Gasteiger partial charge in [0.1, 0.15) is 6.61 Å². The lowest BCUT2D eigenvalue weighted by Gasteiger charge is -1.96. The molecule has 14 heavy (non-hydrogen) atoms. The highest BCUT2D eigenvalue weighted by molar-refractivity contribution is 7.15. The fourth-order valence-electron chi connectivity index (χ4n) is 0.905. The summed E-state index contributed by atoms with van der Waals surface area (Å²) in [5, 5.41) is 12.6. The maximum Gasteiger partial charge on any atom is 0.294 e. The Morgan fingerprint density at radius 2 is 2.50 bits per heavy atom. The first kappa shape index (κ1) is 10.5. The summed E-state index contributed by atoms with van der Waals surface area (Å²) in [4.78, 5) is 18.9. The molecule has 0 amide bonds. The molecule has 0 atom stereocenters. The Bertz CT molecular complexity index is 351. The van der Waals surface area contributed by atoms with Gasteiger partial charge in [-0.1, -0.05) is 11.3 Å². The Morgan fingerprint density at radius 3 is 3.00 bits per heavy atom. The Morgan fingerprint density at radius 1 is 1.79 bits per heavy atom. The van der Waals surface area contributed by atoms with Crippen LogP contribution < -0.4 is 0 Å². The highest BCUT2D eigenvalue weighted by atomic mass is 32.1. The van der Waals surface area contributed by atoms with Crippen molar-refractivity contribution >= 4 is 16.5 Å². The van der Waals surface area contributed by atoms with Crippen LogP contribution in [0.2, 0.25) is 0 Å². The normalized spacial score (nSPS) is 9.79. The molecular formula is C6H8N4O3S. The van der Waals surface area contributed by atoms with Gasteiger partial charge in [0.2, 0.25) is 5.13 Å². The van der Waals surface area contributed by atoms with Crippen LogP contribution in [0, 0.1) is 22.6 Å². The molecule has 0 aliphatic carbocycles. The molecule has 0 spiro atoms. The molecule has 1 heterocycles. The third-order valence-corrected chi connectivity index (χ3v) is 2.61. The second kappa shape index (κ2) is 4.61. The van der Waals surface area contributed by atoms with Gasteiger partial charge >= 0.3 is 0 Å². The fourth-order valence-corrected chi connectivity index (χ4v) is 1.73. The van der Waals surface area contributed by atoms with Crippen molar-refractivity contribution in [3.8, 4) is 0 Å².